The molecule has 1 aromatic carbocycles. The molecule has 0 bridgehead atoms. The van der Waals surface area contributed by atoms with Crippen molar-refractivity contribution in [2.75, 3.05) is 24.4 Å². The Labute approximate surface area is 137 Å². The van der Waals surface area contributed by atoms with Crippen molar-refractivity contribution in [2.45, 2.75) is 46.1 Å². The van der Waals surface area contributed by atoms with Gasteiger partial charge >= 0.3 is 0 Å². The summed E-state index contributed by atoms with van der Waals surface area (Å²) in [5, 5.41) is 5.55. The first-order valence-electron chi connectivity index (χ1n) is 7.85. The van der Waals surface area contributed by atoms with Crippen LogP contribution in [0.4, 0.5) is 11.4 Å². The molecule has 6 nitrogen and oxygen atoms in total. The number of methoxy groups -OCH3 is 1. The van der Waals surface area contributed by atoms with E-state index >= 15 is 0 Å². The van der Waals surface area contributed by atoms with Gasteiger partial charge in [-0.3, -0.25) is 9.59 Å². The van der Waals surface area contributed by atoms with Gasteiger partial charge in [0.1, 0.15) is 12.4 Å². The fraction of sp³-hybridized carbons (Fsp3) is 0.529. The average molecular weight is 322 g/mol. The van der Waals surface area contributed by atoms with Crippen molar-refractivity contribution in [3.63, 3.8) is 0 Å². The van der Waals surface area contributed by atoms with Crippen molar-refractivity contribution < 1.29 is 19.1 Å². The number of hydrogen-bond acceptors (Lipinski definition) is 4. The maximum Gasteiger partial charge on any atom is 0.250 e. The Morgan fingerprint density at radius 1 is 1.17 bits per heavy atom. The van der Waals surface area contributed by atoms with Crippen molar-refractivity contribution in [1.29, 1.82) is 0 Å². The number of rotatable bonds is 9. The molecular weight excluding hydrogens is 296 g/mol. The van der Waals surface area contributed by atoms with Gasteiger partial charge in [0.2, 0.25) is 11.8 Å². The van der Waals surface area contributed by atoms with E-state index in [0.29, 0.717) is 23.5 Å². The van der Waals surface area contributed by atoms with Crippen molar-refractivity contribution in [1.82, 2.24) is 0 Å². The van der Waals surface area contributed by atoms with Gasteiger partial charge in [0.15, 0.2) is 0 Å². The minimum atomic E-state index is -0.243. The number of ether oxygens (including phenoxy) is 2. The van der Waals surface area contributed by atoms with Crippen LogP contribution in [-0.2, 0) is 14.3 Å². The molecule has 2 N–H and O–H groups in total. The zero-order valence-corrected chi connectivity index (χ0v) is 14.3. The molecule has 0 aliphatic carbocycles. The number of carbonyl (C=O) groups is 2. The van der Waals surface area contributed by atoms with Crippen molar-refractivity contribution in [3.05, 3.63) is 18.2 Å². The van der Waals surface area contributed by atoms with Crippen LogP contribution in [0.3, 0.4) is 0 Å². The molecule has 6 heteroatoms. The second-order valence-electron chi connectivity index (χ2n) is 5.47. The average Bonchev–Trinajstić information content (AvgIpc) is 2.51. The molecule has 0 spiro atoms. The van der Waals surface area contributed by atoms with Gasteiger partial charge in [-0.2, -0.15) is 0 Å². The highest BCUT2D eigenvalue weighted by molar-refractivity contribution is 5.95. The van der Waals surface area contributed by atoms with E-state index in [-0.39, 0.29) is 24.5 Å². The molecule has 0 unspecified atom stereocenters. The summed E-state index contributed by atoms with van der Waals surface area (Å²) in [4.78, 5) is 23.7. The summed E-state index contributed by atoms with van der Waals surface area (Å²) in [7, 11) is 1.53. The van der Waals surface area contributed by atoms with Crippen molar-refractivity contribution in [2.24, 2.45) is 0 Å². The van der Waals surface area contributed by atoms with Gasteiger partial charge < -0.3 is 20.1 Å². The van der Waals surface area contributed by atoms with E-state index in [1.807, 2.05) is 20.8 Å². The SMILES string of the molecule is CCCCC(=O)Nc1cc(NC(=O)COC(C)C)ccc1OC. The van der Waals surface area contributed by atoms with Gasteiger partial charge in [-0.15, -0.1) is 0 Å². The predicted molar refractivity (Wildman–Crippen MR) is 90.9 cm³/mol. The van der Waals surface area contributed by atoms with E-state index in [1.165, 1.54) is 7.11 Å². The first-order valence-corrected chi connectivity index (χ1v) is 7.85. The highest BCUT2D eigenvalue weighted by Crippen LogP contribution is 2.28. The molecule has 23 heavy (non-hydrogen) atoms. The molecule has 2 amide bonds. The molecule has 0 saturated heterocycles. The second kappa shape index (κ2) is 9.84. The lowest BCUT2D eigenvalue weighted by atomic mass is 10.2. The summed E-state index contributed by atoms with van der Waals surface area (Å²) in [6.45, 7) is 5.75. The Balaban J connectivity index is 2.73. The van der Waals surface area contributed by atoms with Gasteiger partial charge in [-0.1, -0.05) is 13.3 Å². The van der Waals surface area contributed by atoms with Gasteiger partial charge in [0.05, 0.1) is 18.9 Å². The van der Waals surface area contributed by atoms with Crippen LogP contribution in [-0.4, -0.2) is 31.6 Å². The highest BCUT2D eigenvalue weighted by Gasteiger charge is 2.10. The Kier molecular flexibility index (Phi) is 8.11. The van der Waals surface area contributed by atoms with E-state index in [1.54, 1.807) is 18.2 Å². The first kappa shape index (κ1) is 19.0. The van der Waals surface area contributed by atoms with Crippen LogP contribution in [0.5, 0.6) is 5.75 Å². The normalized spacial score (nSPS) is 10.5. The topological polar surface area (TPSA) is 76.7 Å². The van der Waals surface area contributed by atoms with Crippen LogP contribution in [0.15, 0.2) is 18.2 Å². The number of benzene rings is 1. The van der Waals surface area contributed by atoms with Gasteiger partial charge in [-0.25, -0.2) is 0 Å². The number of carbonyl (C=O) groups excluding carboxylic acids is 2. The fourth-order valence-corrected chi connectivity index (χ4v) is 1.87. The maximum atomic E-state index is 11.9. The molecule has 128 valence electrons. The van der Waals surface area contributed by atoms with E-state index in [0.717, 1.165) is 12.8 Å². The van der Waals surface area contributed by atoms with Gasteiger partial charge in [0, 0.05) is 12.1 Å². The van der Waals surface area contributed by atoms with Crippen molar-refractivity contribution in [3.8, 4) is 5.75 Å². The third-order valence-corrected chi connectivity index (χ3v) is 3.06. The van der Waals surface area contributed by atoms with Crippen LogP contribution in [0.25, 0.3) is 0 Å². The van der Waals surface area contributed by atoms with Crippen LogP contribution in [0.1, 0.15) is 40.0 Å². The quantitative estimate of drug-likeness (QED) is 0.732. The maximum absolute atomic E-state index is 11.9. The molecule has 0 heterocycles. The molecular formula is C17H26N2O4. The molecule has 0 fully saturated rings. The molecule has 0 aliphatic rings. The lowest BCUT2D eigenvalue weighted by molar-refractivity contribution is -0.122. The standard InChI is InChI=1S/C17H26N2O4/c1-5-6-7-16(20)19-14-10-13(8-9-15(14)22-4)18-17(21)11-23-12(2)3/h8-10,12H,5-7,11H2,1-4H3,(H,18,21)(H,19,20). The number of amides is 2. The lowest BCUT2D eigenvalue weighted by Crippen LogP contribution is -2.20. The summed E-state index contributed by atoms with van der Waals surface area (Å²) >= 11 is 0. The smallest absolute Gasteiger partial charge is 0.250 e. The number of nitrogens with one attached hydrogen (secondary N) is 2. The van der Waals surface area contributed by atoms with Gasteiger partial charge in [-0.05, 0) is 38.5 Å². The molecule has 0 aliphatic heterocycles. The first-order chi connectivity index (χ1) is 11.0. The third kappa shape index (κ3) is 7.15. The largest absolute Gasteiger partial charge is 0.495 e. The monoisotopic (exact) mass is 322 g/mol. The molecule has 0 saturated carbocycles. The van der Waals surface area contributed by atoms with Crippen LogP contribution >= 0.6 is 0 Å². The second-order valence-corrected chi connectivity index (χ2v) is 5.47. The number of hydrogen-bond donors (Lipinski definition) is 2. The van der Waals surface area contributed by atoms with Crippen LogP contribution in [0, 0.1) is 0 Å². The van der Waals surface area contributed by atoms with Crippen molar-refractivity contribution >= 4 is 23.2 Å². The fourth-order valence-electron chi connectivity index (χ4n) is 1.87. The highest BCUT2D eigenvalue weighted by atomic mass is 16.5. The molecule has 0 atom stereocenters. The summed E-state index contributed by atoms with van der Waals surface area (Å²) in [5.41, 5.74) is 1.12. The minimum absolute atomic E-state index is 0.00923. The summed E-state index contributed by atoms with van der Waals surface area (Å²) in [6, 6.07) is 5.10. The van der Waals surface area contributed by atoms with E-state index < -0.39 is 0 Å². The lowest BCUT2D eigenvalue weighted by Gasteiger charge is -2.13. The van der Waals surface area contributed by atoms with Crippen LogP contribution < -0.4 is 15.4 Å². The van der Waals surface area contributed by atoms with Crippen LogP contribution in [0.2, 0.25) is 0 Å². The summed E-state index contributed by atoms with van der Waals surface area (Å²) in [6.07, 6.45) is 2.23. The molecule has 0 aromatic heterocycles. The summed E-state index contributed by atoms with van der Waals surface area (Å²) < 4.78 is 10.5. The number of unbranched alkanes of at least 4 members (excludes halogenated alkanes) is 1. The predicted octanol–water partition coefficient (Wildman–Crippen LogP) is 3.19. The minimum Gasteiger partial charge on any atom is -0.495 e. The van der Waals surface area contributed by atoms with Gasteiger partial charge in [0.25, 0.3) is 0 Å². The Morgan fingerprint density at radius 2 is 1.91 bits per heavy atom. The summed E-state index contributed by atoms with van der Waals surface area (Å²) in [5.74, 6) is 0.232. The van der Waals surface area contributed by atoms with E-state index in [4.69, 9.17) is 9.47 Å². The molecule has 1 aromatic rings. The van der Waals surface area contributed by atoms with E-state index in [2.05, 4.69) is 10.6 Å². The Bertz CT molecular complexity index is 529. The molecule has 1 rings (SSSR count). The van der Waals surface area contributed by atoms with E-state index in [9.17, 15) is 9.59 Å². The molecule has 0 radical (unpaired) electrons. The number of anilines is 2. The zero-order chi connectivity index (χ0) is 17.2. The zero-order valence-electron chi connectivity index (χ0n) is 14.3. The Hall–Kier alpha value is -2.08. The Morgan fingerprint density at radius 3 is 2.52 bits per heavy atom. The third-order valence-electron chi connectivity index (χ3n) is 3.06.